The number of carbonyl (C=O) groups is 1. The number of hydrogen-bond donors (Lipinski definition) is 0. The maximum absolute atomic E-state index is 14.8. The number of hydrogen-bond acceptors (Lipinski definition) is 4. The van der Waals surface area contributed by atoms with E-state index in [0.717, 1.165) is 41.0 Å². The lowest BCUT2D eigenvalue weighted by Crippen LogP contribution is -2.33. The zero-order valence-corrected chi connectivity index (χ0v) is 23.2. The summed E-state index contributed by atoms with van der Waals surface area (Å²) in [6, 6.07) is 30.4. The minimum Gasteiger partial charge on any atom is -0.272 e. The molecular formula is C34H37N3O2. The van der Waals surface area contributed by atoms with Crippen molar-refractivity contribution in [3.8, 4) is 11.3 Å². The Morgan fingerprint density at radius 3 is 2.13 bits per heavy atom. The van der Waals surface area contributed by atoms with Crippen LogP contribution in [0.5, 0.6) is 0 Å². The highest BCUT2D eigenvalue weighted by atomic mass is 16.7. The van der Waals surface area contributed by atoms with Crippen LogP contribution in [0.15, 0.2) is 91.0 Å². The van der Waals surface area contributed by atoms with Gasteiger partial charge in [0.2, 0.25) is 0 Å². The molecule has 1 aliphatic heterocycles. The van der Waals surface area contributed by atoms with E-state index in [9.17, 15) is 4.79 Å². The highest BCUT2D eigenvalue weighted by Crippen LogP contribution is 2.48. The van der Waals surface area contributed by atoms with E-state index in [0.29, 0.717) is 17.8 Å². The maximum atomic E-state index is 14.8. The Kier molecular flexibility index (Phi) is 6.86. The van der Waals surface area contributed by atoms with E-state index >= 15 is 0 Å². The molecule has 5 atom stereocenters. The van der Waals surface area contributed by atoms with E-state index in [-0.39, 0.29) is 18.1 Å². The van der Waals surface area contributed by atoms with Gasteiger partial charge in [0.05, 0.1) is 35.1 Å². The number of para-hydroxylation sites is 1. The largest absolute Gasteiger partial charge is 0.272 e. The molecule has 5 heteroatoms. The monoisotopic (exact) mass is 519 g/mol. The van der Waals surface area contributed by atoms with Crippen molar-refractivity contribution in [1.82, 2.24) is 9.78 Å². The van der Waals surface area contributed by atoms with Crippen LogP contribution in [-0.4, -0.2) is 21.8 Å². The van der Waals surface area contributed by atoms with Gasteiger partial charge in [0.25, 0.3) is 5.91 Å². The molecule has 1 fully saturated rings. The third-order valence-corrected chi connectivity index (χ3v) is 8.58. The first-order valence-electron chi connectivity index (χ1n) is 14.2. The van der Waals surface area contributed by atoms with E-state index in [1.165, 1.54) is 5.56 Å². The summed E-state index contributed by atoms with van der Waals surface area (Å²) in [7, 11) is 0. The highest BCUT2D eigenvalue weighted by molar-refractivity contribution is 5.88. The number of nitrogens with zero attached hydrogens (tertiary/aromatic N) is 3. The van der Waals surface area contributed by atoms with E-state index < -0.39 is 5.92 Å². The van der Waals surface area contributed by atoms with Gasteiger partial charge in [-0.25, -0.2) is 5.06 Å². The Hall–Kier alpha value is -3.70. The van der Waals surface area contributed by atoms with Crippen LogP contribution in [0, 0.1) is 11.8 Å². The molecule has 0 unspecified atom stereocenters. The van der Waals surface area contributed by atoms with Crippen molar-refractivity contribution < 1.29 is 9.63 Å². The van der Waals surface area contributed by atoms with E-state index in [1.807, 2.05) is 78.7 Å². The van der Waals surface area contributed by atoms with Crippen LogP contribution < -0.4 is 5.06 Å². The minimum atomic E-state index is -0.441. The van der Waals surface area contributed by atoms with Gasteiger partial charge in [-0.15, -0.1) is 0 Å². The number of hydroxylamine groups is 1. The first-order chi connectivity index (χ1) is 19.0. The second kappa shape index (κ2) is 10.5. The molecule has 0 radical (unpaired) electrons. The summed E-state index contributed by atoms with van der Waals surface area (Å²) >= 11 is 0. The van der Waals surface area contributed by atoms with Gasteiger partial charge in [0, 0.05) is 17.0 Å². The van der Waals surface area contributed by atoms with Gasteiger partial charge < -0.3 is 0 Å². The molecule has 0 spiro atoms. The second-order valence-corrected chi connectivity index (χ2v) is 11.4. The summed E-state index contributed by atoms with van der Waals surface area (Å²) in [6.45, 7) is 8.82. The smallest absolute Gasteiger partial charge is 0.255 e. The molecule has 3 aromatic carbocycles. The molecule has 39 heavy (non-hydrogen) atoms. The molecule has 0 amide bonds. The summed E-state index contributed by atoms with van der Waals surface area (Å²) in [6.07, 6.45) is 1.88. The molecule has 0 N–H and O–H groups in total. The molecule has 2 heterocycles. The predicted molar refractivity (Wildman–Crippen MR) is 156 cm³/mol. The normalized spacial score (nSPS) is 24.6. The van der Waals surface area contributed by atoms with Crippen LogP contribution in [0.2, 0.25) is 0 Å². The molecule has 2 aliphatic rings. The van der Waals surface area contributed by atoms with Gasteiger partial charge in [0.15, 0.2) is 0 Å². The third-order valence-electron chi connectivity index (χ3n) is 8.58. The molecule has 1 aliphatic carbocycles. The summed E-state index contributed by atoms with van der Waals surface area (Å²) in [5.41, 5.74) is 6.31. The van der Waals surface area contributed by atoms with Crippen molar-refractivity contribution in [2.24, 2.45) is 11.8 Å². The average molecular weight is 520 g/mol. The van der Waals surface area contributed by atoms with Gasteiger partial charge in [0.1, 0.15) is 0 Å². The van der Waals surface area contributed by atoms with Gasteiger partial charge in [-0.3, -0.25) is 9.63 Å². The van der Waals surface area contributed by atoms with Crippen molar-refractivity contribution in [3.63, 3.8) is 0 Å². The molecule has 200 valence electrons. The number of fused-ring (bicyclic) bond motifs is 1. The number of anilines is 1. The van der Waals surface area contributed by atoms with E-state index in [4.69, 9.17) is 9.94 Å². The number of carbonyl (C=O) groups excluding carboxylic acids is 1. The Bertz CT molecular complexity index is 1430. The lowest BCUT2D eigenvalue weighted by Gasteiger charge is -2.29. The molecule has 1 saturated heterocycles. The van der Waals surface area contributed by atoms with Crippen LogP contribution in [0.1, 0.15) is 80.0 Å². The van der Waals surface area contributed by atoms with Gasteiger partial charge in [-0.05, 0) is 49.3 Å². The van der Waals surface area contributed by atoms with Crippen molar-refractivity contribution in [2.45, 2.75) is 64.5 Å². The Labute approximate surface area is 231 Å². The van der Waals surface area contributed by atoms with Gasteiger partial charge in [-0.2, -0.15) is 9.78 Å². The number of aromatic nitrogens is 2. The summed E-state index contributed by atoms with van der Waals surface area (Å²) in [5.74, 6) is 0.685. The van der Waals surface area contributed by atoms with Crippen LogP contribution in [0.4, 0.5) is 5.69 Å². The van der Waals surface area contributed by atoms with Crippen LogP contribution >= 0.6 is 0 Å². The highest BCUT2D eigenvalue weighted by Gasteiger charge is 2.48. The summed E-state index contributed by atoms with van der Waals surface area (Å²) in [4.78, 5) is 21.3. The predicted octanol–water partition coefficient (Wildman–Crippen LogP) is 8.03. The average Bonchev–Trinajstić information content (AvgIpc) is 3.53. The summed E-state index contributed by atoms with van der Waals surface area (Å²) < 4.78 is 1.74. The fraction of sp³-hybridized carbons (Fsp3) is 0.353. The fourth-order valence-electron chi connectivity index (χ4n) is 6.58. The zero-order chi connectivity index (χ0) is 27.1. The quantitative estimate of drug-likeness (QED) is 0.268. The number of benzene rings is 3. The fourth-order valence-corrected chi connectivity index (χ4v) is 6.58. The van der Waals surface area contributed by atoms with Gasteiger partial charge in [-0.1, -0.05) is 99.6 Å². The van der Waals surface area contributed by atoms with Crippen LogP contribution in [0.25, 0.3) is 11.3 Å². The summed E-state index contributed by atoms with van der Waals surface area (Å²) in [5, 5.41) is 7.10. The van der Waals surface area contributed by atoms with Crippen molar-refractivity contribution in [1.29, 1.82) is 0 Å². The van der Waals surface area contributed by atoms with E-state index in [2.05, 4.69) is 45.0 Å². The number of rotatable bonds is 5. The molecule has 4 aromatic rings. The molecule has 6 rings (SSSR count). The third kappa shape index (κ3) is 4.49. The molecule has 1 aromatic heterocycles. The topological polar surface area (TPSA) is 47.4 Å². The minimum absolute atomic E-state index is 0.0160. The lowest BCUT2D eigenvalue weighted by molar-refractivity contribution is 0.0620. The first-order valence-corrected chi connectivity index (χ1v) is 14.2. The molecule has 0 saturated carbocycles. The van der Waals surface area contributed by atoms with Crippen molar-refractivity contribution in [3.05, 3.63) is 108 Å². The first kappa shape index (κ1) is 25.6. The molecule has 0 bridgehead atoms. The van der Waals surface area contributed by atoms with Crippen molar-refractivity contribution >= 4 is 11.6 Å². The maximum Gasteiger partial charge on any atom is 0.255 e. The van der Waals surface area contributed by atoms with Crippen LogP contribution in [0.3, 0.4) is 0 Å². The second-order valence-electron chi connectivity index (χ2n) is 11.4. The molecular weight excluding hydrogens is 482 g/mol. The zero-order valence-electron chi connectivity index (χ0n) is 23.2. The van der Waals surface area contributed by atoms with Crippen LogP contribution in [-0.2, 0) is 4.84 Å². The lowest BCUT2D eigenvalue weighted by atomic mass is 9.75. The van der Waals surface area contributed by atoms with Crippen molar-refractivity contribution in [2.75, 3.05) is 5.06 Å². The Morgan fingerprint density at radius 2 is 1.49 bits per heavy atom. The Morgan fingerprint density at radius 1 is 0.872 bits per heavy atom. The van der Waals surface area contributed by atoms with E-state index in [1.54, 1.807) is 4.68 Å². The molecule has 5 nitrogen and oxygen atoms in total. The SMILES string of the molecule is CC(C)[C@@H]1CC[C@@H](C)c2c1nn(C(=O)[C@H]1[C@H](C)ON(c3ccccc3)[C@H]1c1ccccc1)c2-c1ccccc1. The van der Waals surface area contributed by atoms with Gasteiger partial charge >= 0.3 is 0 Å². The standard InChI is InChI=1S/C34H37N3O2/c1-22(2)28-21-20-23(3)29-31(28)35-36(32(29)25-14-8-5-9-15-25)34(38)30-24(4)39-37(27-18-12-7-13-19-27)33(30)26-16-10-6-11-17-26/h5-19,22-24,28,30,33H,20-21H2,1-4H3/t23-,24+,28+,30+,33+/m1/s1. The Balaban J connectivity index is 1.52.